The second-order valence-corrected chi connectivity index (χ2v) is 8.68. The van der Waals surface area contributed by atoms with Crippen molar-refractivity contribution < 1.29 is 9.53 Å². The Balaban J connectivity index is 1.68. The molecular formula is C27H25N5O2. The van der Waals surface area contributed by atoms with Crippen LogP contribution >= 0.6 is 0 Å². The van der Waals surface area contributed by atoms with Gasteiger partial charge in [0.05, 0.1) is 30.3 Å². The van der Waals surface area contributed by atoms with Gasteiger partial charge in [-0.15, -0.1) is 0 Å². The fourth-order valence-corrected chi connectivity index (χ4v) is 4.35. The van der Waals surface area contributed by atoms with Crippen molar-refractivity contribution in [2.24, 2.45) is 0 Å². The Morgan fingerprint density at radius 2 is 1.94 bits per heavy atom. The zero-order chi connectivity index (χ0) is 23.8. The Labute approximate surface area is 198 Å². The monoisotopic (exact) mass is 451 g/mol. The zero-order valence-corrected chi connectivity index (χ0v) is 19.4. The SMILES string of the molecule is [C-]#[N+]c1ccc2cc1Oc1ccc3cccc(c3c1)N(C)C(=O)C(C)N(C)Cc1cncn1C2. The molecule has 170 valence electrons. The fourth-order valence-electron chi connectivity index (χ4n) is 4.35. The van der Waals surface area contributed by atoms with Crippen molar-refractivity contribution in [2.45, 2.75) is 26.1 Å². The van der Waals surface area contributed by atoms with E-state index >= 15 is 0 Å². The molecular weight excluding hydrogens is 426 g/mol. The average molecular weight is 452 g/mol. The summed E-state index contributed by atoms with van der Waals surface area (Å²) in [5.41, 5.74) is 3.26. The van der Waals surface area contributed by atoms with Gasteiger partial charge in [0.2, 0.25) is 11.6 Å². The summed E-state index contributed by atoms with van der Waals surface area (Å²) in [6.45, 7) is 10.7. The molecule has 0 saturated carbocycles. The Hall–Kier alpha value is -4.15. The minimum atomic E-state index is -0.333. The van der Waals surface area contributed by atoms with Crippen LogP contribution < -0.4 is 9.64 Å². The summed E-state index contributed by atoms with van der Waals surface area (Å²) in [4.78, 5) is 25.2. The van der Waals surface area contributed by atoms with Crippen LogP contribution in [-0.2, 0) is 17.9 Å². The number of ether oxygens (including phenoxy) is 1. The number of rotatable bonds is 0. The van der Waals surface area contributed by atoms with E-state index in [0.29, 0.717) is 30.3 Å². The third-order valence-corrected chi connectivity index (χ3v) is 6.48. The summed E-state index contributed by atoms with van der Waals surface area (Å²) in [6.07, 6.45) is 3.62. The predicted molar refractivity (Wildman–Crippen MR) is 132 cm³/mol. The number of hydrogen-bond acceptors (Lipinski definition) is 4. The lowest BCUT2D eigenvalue weighted by Gasteiger charge is -2.29. The number of imidazole rings is 1. The van der Waals surface area contributed by atoms with Gasteiger partial charge in [-0.05, 0) is 49.2 Å². The van der Waals surface area contributed by atoms with Gasteiger partial charge in [0, 0.05) is 31.7 Å². The van der Waals surface area contributed by atoms with Crippen LogP contribution in [-0.4, -0.2) is 40.5 Å². The maximum Gasteiger partial charge on any atom is 0.243 e. The maximum absolute atomic E-state index is 13.4. The number of carbonyl (C=O) groups excluding carboxylic acids is 1. The van der Waals surface area contributed by atoms with E-state index < -0.39 is 0 Å². The zero-order valence-electron chi connectivity index (χ0n) is 19.4. The van der Waals surface area contributed by atoms with Crippen LogP contribution in [0, 0.1) is 6.57 Å². The molecule has 1 unspecified atom stereocenters. The number of hydrogen-bond donors (Lipinski definition) is 0. The number of anilines is 1. The molecule has 1 aliphatic rings. The lowest BCUT2D eigenvalue weighted by Crippen LogP contribution is -2.44. The molecule has 0 fully saturated rings. The fraction of sp³-hybridized carbons (Fsp3) is 0.222. The number of amides is 1. The minimum Gasteiger partial charge on any atom is -0.468 e. The summed E-state index contributed by atoms with van der Waals surface area (Å²) in [5, 5.41) is 1.92. The topological polar surface area (TPSA) is 55.0 Å². The molecule has 1 aromatic heterocycles. The highest BCUT2D eigenvalue weighted by atomic mass is 16.5. The molecule has 4 aromatic rings. The molecule has 2 heterocycles. The number of nitrogens with zero attached hydrogens (tertiary/aromatic N) is 5. The lowest BCUT2D eigenvalue weighted by atomic mass is 10.1. The summed E-state index contributed by atoms with van der Waals surface area (Å²) in [7, 11) is 3.76. The predicted octanol–water partition coefficient (Wildman–Crippen LogP) is 5.22. The van der Waals surface area contributed by atoms with Crippen molar-refractivity contribution >= 4 is 28.1 Å². The Morgan fingerprint density at radius 1 is 1.09 bits per heavy atom. The van der Waals surface area contributed by atoms with E-state index in [9.17, 15) is 4.79 Å². The molecule has 34 heavy (non-hydrogen) atoms. The first kappa shape index (κ1) is 21.7. The summed E-state index contributed by atoms with van der Waals surface area (Å²) in [6, 6.07) is 17.0. The molecule has 7 heteroatoms. The smallest absolute Gasteiger partial charge is 0.243 e. The van der Waals surface area contributed by atoms with Gasteiger partial charge in [0.1, 0.15) is 11.5 Å². The molecule has 5 rings (SSSR count). The summed E-state index contributed by atoms with van der Waals surface area (Å²) >= 11 is 0. The first-order chi connectivity index (χ1) is 16.4. The summed E-state index contributed by atoms with van der Waals surface area (Å²) in [5.74, 6) is 1.12. The quantitative estimate of drug-likeness (QED) is 0.344. The maximum atomic E-state index is 13.4. The van der Waals surface area contributed by atoms with Crippen molar-refractivity contribution in [2.75, 3.05) is 19.0 Å². The van der Waals surface area contributed by atoms with Crippen LogP contribution in [0.5, 0.6) is 11.5 Å². The molecule has 0 radical (unpaired) electrons. The van der Waals surface area contributed by atoms with Crippen molar-refractivity contribution in [3.63, 3.8) is 0 Å². The van der Waals surface area contributed by atoms with Gasteiger partial charge in [-0.2, -0.15) is 0 Å². The van der Waals surface area contributed by atoms with Crippen molar-refractivity contribution in [3.05, 3.63) is 89.8 Å². The highest BCUT2D eigenvalue weighted by molar-refractivity contribution is 6.05. The van der Waals surface area contributed by atoms with Gasteiger partial charge < -0.3 is 14.2 Å². The Bertz CT molecular complexity index is 1430. The van der Waals surface area contributed by atoms with Crippen molar-refractivity contribution in [1.82, 2.24) is 14.5 Å². The van der Waals surface area contributed by atoms with E-state index in [1.54, 1.807) is 17.3 Å². The van der Waals surface area contributed by atoms with Crippen LogP contribution in [0.2, 0.25) is 0 Å². The lowest BCUT2D eigenvalue weighted by molar-refractivity contribution is -0.122. The first-order valence-corrected chi connectivity index (χ1v) is 11.1. The number of aromatic nitrogens is 2. The molecule has 1 atom stereocenters. The van der Waals surface area contributed by atoms with E-state index in [2.05, 4.69) is 14.4 Å². The average Bonchev–Trinajstić information content (AvgIpc) is 3.28. The molecule has 0 aliphatic carbocycles. The van der Waals surface area contributed by atoms with Gasteiger partial charge in [-0.1, -0.05) is 30.3 Å². The molecule has 1 amide bonds. The minimum absolute atomic E-state index is 0.00000674. The van der Waals surface area contributed by atoms with Crippen LogP contribution in [0.4, 0.5) is 11.4 Å². The van der Waals surface area contributed by atoms with Gasteiger partial charge in [0.25, 0.3) is 0 Å². The van der Waals surface area contributed by atoms with Gasteiger partial charge >= 0.3 is 0 Å². The van der Waals surface area contributed by atoms with Crippen molar-refractivity contribution in [1.29, 1.82) is 0 Å². The number of carbonyl (C=O) groups is 1. The van der Waals surface area contributed by atoms with Crippen LogP contribution in [0.1, 0.15) is 18.2 Å². The third-order valence-electron chi connectivity index (χ3n) is 6.48. The molecule has 0 saturated heterocycles. The van der Waals surface area contributed by atoms with Crippen LogP contribution in [0.3, 0.4) is 0 Å². The molecule has 1 aliphatic heterocycles. The number of fused-ring (bicyclic) bond motifs is 4. The number of likely N-dealkylation sites (N-methyl/N-ethyl adjacent to an activating group) is 2. The number of benzene rings is 3. The Kier molecular flexibility index (Phi) is 5.52. The van der Waals surface area contributed by atoms with Crippen LogP contribution in [0.15, 0.2) is 67.1 Å². The van der Waals surface area contributed by atoms with E-state index in [1.807, 2.05) is 80.6 Å². The molecule has 7 nitrogen and oxygen atoms in total. The van der Waals surface area contributed by atoms with Crippen LogP contribution in [0.25, 0.3) is 15.6 Å². The highest BCUT2D eigenvalue weighted by Gasteiger charge is 2.25. The van der Waals surface area contributed by atoms with Crippen molar-refractivity contribution in [3.8, 4) is 11.5 Å². The van der Waals surface area contributed by atoms with Gasteiger partial charge in [-0.25, -0.2) is 9.83 Å². The van der Waals surface area contributed by atoms with E-state index in [-0.39, 0.29) is 11.9 Å². The summed E-state index contributed by atoms with van der Waals surface area (Å²) < 4.78 is 8.28. The van der Waals surface area contributed by atoms with E-state index in [1.165, 1.54) is 0 Å². The largest absolute Gasteiger partial charge is 0.468 e. The standard InChI is InChI=1S/C27H25N5O2/c1-18-27(33)31(4)25-7-5-6-20-9-10-22(13-23(20)25)34-26-12-19(8-11-24(26)28-2)15-32-17-29-14-21(32)16-30(18)3/h5-14,17-18H,15-16H2,1,3-4H3. The highest BCUT2D eigenvalue weighted by Crippen LogP contribution is 2.36. The normalized spacial score (nSPS) is 16.8. The van der Waals surface area contributed by atoms with E-state index in [0.717, 1.165) is 27.7 Å². The molecule has 4 bridgehead atoms. The molecule has 0 N–H and O–H groups in total. The molecule has 0 spiro atoms. The third kappa shape index (κ3) is 3.89. The second-order valence-electron chi connectivity index (χ2n) is 8.68. The van der Waals surface area contributed by atoms with E-state index in [4.69, 9.17) is 11.3 Å². The Morgan fingerprint density at radius 3 is 2.76 bits per heavy atom. The van der Waals surface area contributed by atoms with Gasteiger partial charge in [0.15, 0.2) is 0 Å². The first-order valence-electron chi connectivity index (χ1n) is 11.1. The van der Waals surface area contributed by atoms with Gasteiger partial charge in [-0.3, -0.25) is 9.69 Å². The second kappa shape index (κ2) is 8.65. The molecule has 3 aromatic carbocycles.